The van der Waals surface area contributed by atoms with E-state index in [4.69, 9.17) is 9.97 Å². The van der Waals surface area contributed by atoms with Crippen molar-refractivity contribution in [2.45, 2.75) is 0 Å². The SMILES string of the molecule is C=C=C(Nc1cccc2ccccc12)c1cc(N2CCNCC2)nc(-c2cccnc2)n1. The molecule has 0 aliphatic carbocycles. The van der Waals surface area contributed by atoms with E-state index in [1.54, 1.807) is 12.4 Å². The first-order chi connectivity index (χ1) is 15.8. The Bertz CT molecular complexity index is 1280. The topological polar surface area (TPSA) is 66.0 Å². The van der Waals surface area contributed by atoms with Gasteiger partial charge in [0.2, 0.25) is 0 Å². The molecule has 1 aliphatic rings. The predicted molar refractivity (Wildman–Crippen MR) is 130 cm³/mol. The van der Waals surface area contributed by atoms with E-state index in [0.29, 0.717) is 11.5 Å². The first kappa shape index (κ1) is 19.9. The highest BCUT2D eigenvalue weighted by molar-refractivity contribution is 5.97. The van der Waals surface area contributed by atoms with Gasteiger partial charge in [0.1, 0.15) is 17.2 Å². The molecule has 32 heavy (non-hydrogen) atoms. The van der Waals surface area contributed by atoms with E-state index >= 15 is 0 Å². The van der Waals surface area contributed by atoms with Crippen LogP contribution in [-0.2, 0) is 0 Å². The second kappa shape index (κ2) is 9.02. The summed E-state index contributed by atoms with van der Waals surface area (Å²) >= 11 is 0. The van der Waals surface area contributed by atoms with Crippen LogP contribution in [0.25, 0.3) is 27.9 Å². The third kappa shape index (κ3) is 4.10. The zero-order valence-electron chi connectivity index (χ0n) is 17.8. The van der Waals surface area contributed by atoms with Crippen molar-refractivity contribution < 1.29 is 0 Å². The molecule has 1 fully saturated rings. The van der Waals surface area contributed by atoms with Crippen molar-refractivity contribution in [3.8, 4) is 11.4 Å². The Balaban J connectivity index is 1.58. The largest absolute Gasteiger partial charge is 0.354 e. The first-order valence-corrected chi connectivity index (χ1v) is 10.7. The van der Waals surface area contributed by atoms with Crippen LogP contribution < -0.4 is 15.5 Å². The molecule has 5 rings (SSSR count). The van der Waals surface area contributed by atoms with E-state index in [1.165, 1.54) is 5.39 Å². The monoisotopic (exact) mass is 420 g/mol. The Morgan fingerprint density at radius 3 is 2.66 bits per heavy atom. The summed E-state index contributed by atoms with van der Waals surface area (Å²) in [5.41, 5.74) is 6.38. The van der Waals surface area contributed by atoms with E-state index in [0.717, 1.165) is 54.3 Å². The molecule has 0 bridgehead atoms. The molecule has 158 valence electrons. The van der Waals surface area contributed by atoms with Gasteiger partial charge in [-0.15, -0.1) is 5.73 Å². The minimum Gasteiger partial charge on any atom is -0.354 e. The second-order valence-corrected chi connectivity index (χ2v) is 7.62. The van der Waals surface area contributed by atoms with E-state index in [2.05, 4.69) is 57.1 Å². The lowest BCUT2D eigenvalue weighted by molar-refractivity contribution is 0.584. The van der Waals surface area contributed by atoms with Crippen molar-refractivity contribution in [3.05, 3.63) is 91.1 Å². The van der Waals surface area contributed by atoms with Gasteiger partial charge >= 0.3 is 0 Å². The summed E-state index contributed by atoms with van der Waals surface area (Å²) in [6.07, 6.45) is 3.54. The summed E-state index contributed by atoms with van der Waals surface area (Å²) in [5, 5.41) is 9.20. The number of piperazine rings is 1. The minimum atomic E-state index is 0.636. The number of anilines is 2. The number of fused-ring (bicyclic) bond motifs is 1. The van der Waals surface area contributed by atoms with Crippen LogP contribution in [0, 0.1) is 0 Å². The Morgan fingerprint density at radius 2 is 1.84 bits per heavy atom. The normalized spacial score (nSPS) is 13.6. The number of nitrogens with one attached hydrogen (secondary N) is 2. The summed E-state index contributed by atoms with van der Waals surface area (Å²) in [6.45, 7) is 7.59. The van der Waals surface area contributed by atoms with Gasteiger partial charge in [0, 0.05) is 61.3 Å². The fourth-order valence-electron chi connectivity index (χ4n) is 3.91. The predicted octanol–water partition coefficient (Wildman–Crippen LogP) is 4.34. The Morgan fingerprint density at radius 1 is 1.00 bits per heavy atom. The summed E-state index contributed by atoms with van der Waals surface area (Å²) in [4.78, 5) is 16.2. The van der Waals surface area contributed by atoms with Crippen molar-refractivity contribution >= 4 is 28.0 Å². The van der Waals surface area contributed by atoms with Crippen LogP contribution >= 0.6 is 0 Å². The number of hydrogen-bond acceptors (Lipinski definition) is 6. The molecule has 6 nitrogen and oxygen atoms in total. The number of benzene rings is 2. The molecule has 0 amide bonds. The van der Waals surface area contributed by atoms with Crippen LogP contribution in [0.15, 0.2) is 85.4 Å². The van der Waals surface area contributed by atoms with E-state index in [1.807, 2.05) is 36.4 Å². The maximum absolute atomic E-state index is 4.86. The van der Waals surface area contributed by atoms with E-state index < -0.39 is 0 Å². The maximum atomic E-state index is 4.86. The van der Waals surface area contributed by atoms with Gasteiger partial charge in [-0.1, -0.05) is 43.0 Å². The van der Waals surface area contributed by atoms with Crippen molar-refractivity contribution in [1.82, 2.24) is 20.3 Å². The minimum absolute atomic E-state index is 0.636. The summed E-state index contributed by atoms with van der Waals surface area (Å²) < 4.78 is 0. The van der Waals surface area contributed by atoms with Crippen LogP contribution in [0.3, 0.4) is 0 Å². The zero-order valence-corrected chi connectivity index (χ0v) is 17.8. The van der Waals surface area contributed by atoms with Gasteiger partial charge in [-0.3, -0.25) is 4.98 Å². The Labute approximate surface area is 187 Å². The molecule has 0 unspecified atom stereocenters. The van der Waals surface area contributed by atoms with Gasteiger partial charge in [-0.2, -0.15) is 0 Å². The van der Waals surface area contributed by atoms with Crippen molar-refractivity contribution in [3.63, 3.8) is 0 Å². The van der Waals surface area contributed by atoms with Gasteiger partial charge in [-0.25, -0.2) is 9.97 Å². The van der Waals surface area contributed by atoms with Crippen LogP contribution in [0.5, 0.6) is 0 Å². The number of pyridine rings is 1. The molecule has 2 aromatic carbocycles. The molecule has 4 aromatic rings. The van der Waals surface area contributed by atoms with Crippen molar-refractivity contribution in [2.75, 3.05) is 36.4 Å². The average molecular weight is 421 g/mol. The summed E-state index contributed by atoms with van der Waals surface area (Å²) in [7, 11) is 0. The van der Waals surface area contributed by atoms with Gasteiger partial charge < -0.3 is 15.5 Å². The molecule has 2 aromatic heterocycles. The van der Waals surface area contributed by atoms with E-state index in [9.17, 15) is 0 Å². The molecule has 1 aliphatic heterocycles. The van der Waals surface area contributed by atoms with Crippen LogP contribution in [0.4, 0.5) is 11.5 Å². The zero-order chi connectivity index (χ0) is 21.8. The number of rotatable bonds is 5. The summed E-state index contributed by atoms with van der Waals surface area (Å²) in [6, 6.07) is 20.4. The standard InChI is InChI=1S/C26H24N6/c1-2-22(29-23-11-5-8-19-7-3-4-10-21(19)23)24-17-25(32-15-13-27-14-16-32)31-26(30-24)20-9-6-12-28-18-20/h3-12,17-18,27,29H,1,13-16H2. The fraction of sp³-hybridized carbons (Fsp3) is 0.154. The molecule has 0 spiro atoms. The fourth-order valence-corrected chi connectivity index (χ4v) is 3.91. The number of aromatic nitrogens is 3. The highest BCUT2D eigenvalue weighted by Gasteiger charge is 2.17. The van der Waals surface area contributed by atoms with E-state index in [-0.39, 0.29) is 0 Å². The number of nitrogens with zero attached hydrogens (tertiary/aromatic N) is 4. The maximum Gasteiger partial charge on any atom is 0.163 e. The molecule has 1 saturated heterocycles. The molecule has 3 heterocycles. The molecular weight excluding hydrogens is 396 g/mol. The molecule has 0 radical (unpaired) electrons. The third-order valence-corrected chi connectivity index (χ3v) is 5.56. The van der Waals surface area contributed by atoms with Crippen molar-refractivity contribution in [1.29, 1.82) is 0 Å². The van der Waals surface area contributed by atoms with Gasteiger partial charge in [0.15, 0.2) is 5.82 Å². The highest BCUT2D eigenvalue weighted by atomic mass is 15.2. The number of hydrogen-bond donors (Lipinski definition) is 2. The van der Waals surface area contributed by atoms with Crippen LogP contribution in [0.1, 0.15) is 5.69 Å². The van der Waals surface area contributed by atoms with Crippen LogP contribution in [-0.4, -0.2) is 41.1 Å². The lowest BCUT2D eigenvalue weighted by Crippen LogP contribution is -2.44. The van der Waals surface area contributed by atoms with Gasteiger partial charge in [0.25, 0.3) is 0 Å². The quantitative estimate of drug-likeness (QED) is 0.468. The Hall–Kier alpha value is -3.99. The molecule has 6 heteroatoms. The van der Waals surface area contributed by atoms with Gasteiger partial charge in [-0.05, 0) is 23.6 Å². The first-order valence-electron chi connectivity index (χ1n) is 10.7. The Kier molecular flexibility index (Phi) is 5.62. The highest BCUT2D eigenvalue weighted by Crippen LogP contribution is 2.28. The molecule has 2 N–H and O–H groups in total. The second-order valence-electron chi connectivity index (χ2n) is 7.62. The summed E-state index contributed by atoms with van der Waals surface area (Å²) in [5.74, 6) is 1.53. The smallest absolute Gasteiger partial charge is 0.163 e. The molecule has 0 saturated carbocycles. The van der Waals surface area contributed by atoms with Crippen LogP contribution in [0.2, 0.25) is 0 Å². The molecular formula is C26H24N6. The average Bonchev–Trinajstić information content (AvgIpc) is 2.88. The lowest BCUT2D eigenvalue weighted by atomic mass is 10.1. The lowest BCUT2D eigenvalue weighted by Gasteiger charge is -2.29. The molecule has 0 atom stereocenters. The van der Waals surface area contributed by atoms with Gasteiger partial charge in [0.05, 0.1) is 0 Å². The third-order valence-electron chi connectivity index (χ3n) is 5.56. The van der Waals surface area contributed by atoms with Crippen molar-refractivity contribution in [2.24, 2.45) is 0 Å².